The monoisotopic (exact) mass is 287 g/mol. The molecule has 2 fully saturated rings. The maximum absolute atomic E-state index is 5.72. The molecule has 2 heteroatoms. The first-order valence-corrected chi connectivity index (χ1v) is 8.73. The lowest BCUT2D eigenvalue weighted by Gasteiger charge is -2.47. The summed E-state index contributed by atoms with van der Waals surface area (Å²) in [6.45, 7) is 5.17. The fourth-order valence-electron chi connectivity index (χ4n) is 4.58. The molecule has 1 aliphatic heterocycles. The number of ether oxygens (including phenoxy) is 1. The quantitative estimate of drug-likeness (QED) is 0.886. The average molecular weight is 287 g/mol. The predicted octanol–water partition coefficient (Wildman–Crippen LogP) is 3.90. The molecule has 1 aromatic carbocycles. The van der Waals surface area contributed by atoms with Crippen LogP contribution in [0.2, 0.25) is 0 Å². The van der Waals surface area contributed by atoms with E-state index < -0.39 is 0 Å². The second-order valence-corrected chi connectivity index (χ2v) is 6.74. The van der Waals surface area contributed by atoms with Gasteiger partial charge in [-0.15, -0.1) is 0 Å². The summed E-state index contributed by atoms with van der Waals surface area (Å²) in [6, 6.07) is 11.8. The molecule has 0 bridgehead atoms. The number of nitrogens with one attached hydrogen (secondary N) is 1. The van der Waals surface area contributed by atoms with Gasteiger partial charge in [-0.25, -0.2) is 0 Å². The molecular weight excluding hydrogens is 258 g/mol. The van der Waals surface area contributed by atoms with Crippen LogP contribution in [0.3, 0.4) is 0 Å². The minimum absolute atomic E-state index is 0.313. The Balaban J connectivity index is 1.95. The molecule has 0 amide bonds. The number of rotatable bonds is 5. The molecule has 1 saturated heterocycles. The van der Waals surface area contributed by atoms with E-state index in [1.54, 1.807) is 5.56 Å². The van der Waals surface area contributed by atoms with Gasteiger partial charge >= 0.3 is 0 Å². The van der Waals surface area contributed by atoms with Crippen molar-refractivity contribution in [3.8, 4) is 0 Å². The van der Waals surface area contributed by atoms with Crippen LogP contribution in [-0.2, 0) is 10.2 Å². The van der Waals surface area contributed by atoms with Crippen LogP contribution in [-0.4, -0.2) is 25.8 Å². The summed E-state index contributed by atoms with van der Waals surface area (Å²) in [5.74, 6) is 0.670. The van der Waals surface area contributed by atoms with Gasteiger partial charge in [-0.1, -0.05) is 56.5 Å². The lowest BCUT2D eigenvalue weighted by Crippen LogP contribution is -2.54. The van der Waals surface area contributed by atoms with Crippen molar-refractivity contribution in [2.24, 2.45) is 5.92 Å². The Hall–Kier alpha value is -0.860. The smallest absolute Gasteiger partial charge is 0.0510 e. The van der Waals surface area contributed by atoms with Crippen LogP contribution in [0.4, 0.5) is 0 Å². The van der Waals surface area contributed by atoms with Gasteiger partial charge in [-0.2, -0.15) is 0 Å². The van der Waals surface area contributed by atoms with E-state index in [1.165, 1.54) is 38.5 Å². The van der Waals surface area contributed by atoms with Crippen molar-refractivity contribution in [3.63, 3.8) is 0 Å². The van der Waals surface area contributed by atoms with E-state index in [1.807, 2.05) is 0 Å². The van der Waals surface area contributed by atoms with Crippen LogP contribution < -0.4 is 5.32 Å². The number of likely N-dealkylation sites (N-methyl/N-ethyl adjacent to an activating group) is 1. The average Bonchev–Trinajstić information content (AvgIpc) is 3.08. The number of benzene rings is 1. The molecule has 116 valence electrons. The summed E-state index contributed by atoms with van der Waals surface area (Å²) < 4.78 is 5.72. The Morgan fingerprint density at radius 3 is 2.57 bits per heavy atom. The third-order valence-electron chi connectivity index (χ3n) is 5.55. The van der Waals surface area contributed by atoms with Crippen LogP contribution in [0.25, 0.3) is 0 Å². The Kier molecular flexibility index (Phi) is 4.97. The lowest BCUT2D eigenvalue weighted by molar-refractivity contribution is 0.133. The molecule has 1 saturated carbocycles. The molecule has 0 radical (unpaired) electrons. The number of hydrogen-bond acceptors (Lipinski definition) is 2. The summed E-state index contributed by atoms with van der Waals surface area (Å²) in [5.41, 5.74) is 1.86. The van der Waals surface area contributed by atoms with Crippen molar-refractivity contribution in [1.29, 1.82) is 0 Å². The summed E-state index contributed by atoms with van der Waals surface area (Å²) in [7, 11) is 0. The molecule has 3 rings (SSSR count). The number of hydrogen-bond donors (Lipinski definition) is 1. The molecule has 0 aromatic heterocycles. The molecule has 2 aliphatic rings. The van der Waals surface area contributed by atoms with Crippen molar-refractivity contribution < 1.29 is 4.74 Å². The van der Waals surface area contributed by atoms with Crippen molar-refractivity contribution in [1.82, 2.24) is 5.32 Å². The van der Waals surface area contributed by atoms with Gasteiger partial charge in [0.15, 0.2) is 0 Å². The van der Waals surface area contributed by atoms with Crippen LogP contribution in [0, 0.1) is 5.92 Å². The first-order valence-electron chi connectivity index (χ1n) is 8.73. The topological polar surface area (TPSA) is 21.3 Å². The minimum Gasteiger partial charge on any atom is -0.381 e. The van der Waals surface area contributed by atoms with Gasteiger partial charge in [0, 0.05) is 24.0 Å². The van der Waals surface area contributed by atoms with E-state index in [4.69, 9.17) is 4.74 Å². The maximum atomic E-state index is 5.72. The van der Waals surface area contributed by atoms with E-state index in [-0.39, 0.29) is 0 Å². The van der Waals surface area contributed by atoms with Crippen molar-refractivity contribution in [2.75, 3.05) is 19.8 Å². The minimum atomic E-state index is 0.313. The molecule has 1 N–H and O–H groups in total. The van der Waals surface area contributed by atoms with E-state index in [2.05, 4.69) is 42.6 Å². The predicted molar refractivity (Wildman–Crippen MR) is 87.6 cm³/mol. The molecule has 21 heavy (non-hydrogen) atoms. The van der Waals surface area contributed by atoms with Crippen molar-refractivity contribution >= 4 is 0 Å². The van der Waals surface area contributed by atoms with E-state index in [9.17, 15) is 0 Å². The van der Waals surface area contributed by atoms with Crippen molar-refractivity contribution in [3.05, 3.63) is 35.9 Å². The van der Waals surface area contributed by atoms with Gasteiger partial charge in [-0.05, 0) is 31.4 Å². The van der Waals surface area contributed by atoms with Gasteiger partial charge in [-0.3, -0.25) is 0 Å². The Morgan fingerprint density at radius 1 is 1.19 bits per heavy atom. The highest BCUT2D eigenvalue weighted by atomic mass is 16.5. The van der Waals surface area contributed by atoms with Crippen LogP contribution in [0.15, 0.2) is 30.3 Å². The molecule has 2 nitrogen and oxygen atoms in total. The lowest BCUT2D eigenvalue weighted by atomic mass is 9.62. The second-order valence-electron chi connectivity index (χ2n) is 6.74. The molecule has 2 unspecified atom stereocenters. The highest BCUT2D eigenvalue weighted by Gasteiger charge is 2.45. The van der Waals surface area contributed by atoms with E-state index >= 15 is 0 Å². The fraction of sp³-hybridized carbons (Fsp3) is 0.684. The summed E-state index contributed by atoms with van der Waals surface area (Å²) in [6.07, 6.45) is 7.99. The first kappa shape index (κ1) is 15.1. The highest BCUT2D eigenvalue weighted by Crippen LogP contribution is 2.45. The molecule has 1 heterocycles. The normalized spacial score (nSPS) is 26.6. The summed E-state index contributed by atoms with van der Waals surface area (Å²) in [4.78, 5) is 0. The Bertz CT molecular complexity index is 418. The largest absolute Gasteiger partial charge is 0.381 e. The van der Waals surface area contributed by atoms with Gasteiger partial charge in [0.05, 0.1) is 6.61 Å². The highest BCUT2D eigenvalue weighted by molar-refractivity contribution is 5.29. The van der Waals surface area contributed by atoms with Gasteiger partial charge in [0.1, 0.15) is 0 Å². The van der Waals surface area contributed by atoms with Gasteiger partial charge < -0.3 is 10.1 Å². The zero-order valence-corrected chi connectivity index (χ0v) is 13.3. The summed E-state index contributed by atoms with van der Waals surface area (Å²) in [5, 5.41) is 3.85. The zero-order chi connectivity index (χ0) is 14.5. The third kappa shape index (κ3) is 3.02. The fourth-order valence-corrected chi connectivity index (χ4v) is 4.58. The molecule has 2 atom stereocenters. The van der Waals surface area contributed by atoms with Crippen molar-refractivity contribution in [2.45, 2.75) is 56.9 Å². The molecular formula is C19H29NO. The second kappa shape index (κ2) is 6.93. The van der Waals surface area contributed by atoms with Gasteiger partial charge in [0.25, 0.3) is 0 Å². The van der Waals surface area contributed by atoms with Crippen LogP contribution in [0.1, 0.15) is 51.0 Å². The standard InChI is InChI=1S/C19H29NO/c1-2-20-18(16-11-14-21-15-16)19(12-7-4-8-13-19)17-9-5-3-6-10-17/h3,5-6,9-10,16,18,20H,2,4,7-8,11-15H2,1H3. The Morgan fingerprint density at radius 2 is 1.95 bits per heavy atom. The van der Waals surface area contributed by atoms with E-state index in [0.29, 0.717) is 17.4 Å². The molecule has 1 aliphatic carbocycles. The molecule has 0 spiro atoms. The Labute approximate surface area is 129 Å². The zero-order valence-electron chi connectivity index (χ0n) is 13.3. The third-order valence-corrected chi connectivity index (χ3v) is 5.55. The molecule has 1 aromatic rings. The van der Waals surface area contributed by atoms with E-state index in [0.717, 1.165) is 19.8 Å². The van der Waals surface area contributed by atoms with Crippen LogP contribution in [0.5, 0.6) is 0 Å². The first-order chi connectivity index (χ1) is 10.4. The van der Waals surface area contributed by atoms with Gasteiger partial charge in [0.2, 0.25) is 0 Å². The maximum Gasteiger partial charge on any atom is 0.0510 e. The SMILES string of the molecule is CCNC(C1CCOC1)C1(c2ccccc2)CCCCC1. The van der Waals surface area contributed by atoms with Crippen LogP contribution >= 0.6 is 0 Å². The summed E-state index contributed by atoms with van der Waals surface area (Å²) >= 11 is 0.